The molecule has 4 nitrogen and oxygen atoms in total. The number of carbonyl (C=O) groups is 1. The van der Waals surface area contributed by atoms with Crippen LogP contribution in [0, 0.1) is 6.92 Å². The zero-order valence-corrected chi connectivity index (χ0v) is 17.2. The number of carbonyl (C=O) groups excluding carboxylic acids is 1. The van der Waals surface area contributed by atoms with E-state index in [1.165, 1.54) is 21.9 Å². The second kappa shape index (κ2) is 9.21. The number of hydrogen-bond acceptors (Lipinski definition) is 1. The maximum Gasteiger partial charge on any atom is 0.230 e. The van der Waals surface area contributed by atoms with Gasteiger partial charge >= 0.3 is 0 Å². The van der Waals surface area contributed by atoms with E-state index in [4.69, 9.17) is 0 Å². The summed E-state index contributed by atoms with van der Waals surface area (Å²) in [6.07, 6.45) is 0.585. The normalized spacial score (nSPS) is 19.2. The van der Waals surface area contributed by atoms with E-state index in [0.29, 0.717) is 6.42 Å². The summed E-state index contributed by atoms with van der Waals surface area (Å²) in [5, 5.41) is 5.73. The molecule has 1 amide bonds. The van der Waals surface area contributed by atoms with Gasteiger partial charge in [-0.05, 0) is 35.4 Å². The molecule has 0 atom stereocenters. The fourth-order valence-corrected chi connectivity index (χ4v) is 4.34. The summed E-state index contributed by atoms with van der Waals surface area (Å²) in [7, 11) is 0. The van der Waals surface area contributed by atoms with Gasteiger partial charge in [-0.15, -0.1) is 0 Å². The number of anilines is 1. The van der Waals surface area contributed by atoms with Crippen LogP contribution in [0.3, 0.4) is 0 Å². The van der Waals surface area contributed by atoms with Crippen molar-refractivity contribution in [1.29, 1.82) is 0 Å². The van der Waals surface area contributed by atoms with E-state index in [2.05, 4.69) is 47.8 Å². The van der Waals surface area contributed by atoms with Gasteiger partial charge in [0.2, 0.25) is 5.91 Å². The highest BCUT2D eigenvalue weighted by Crippen LogP contribution is 2.17. The molecule has 3 aromatic rings. The summed E-state index contributed by atoms with van der Waals surface area (Å²) in [6.45, 7) is 8.65. The molecule has 4 heteroatoms. The molecule has 150 valence electrons. The maximum atomic E-state index is 12.3. The number of quaternary nitrogens is 2. The molecule has 3 N–H and O–H groups in total. The molecule has 1 saturated heterocycles. The molecule has 0 radical (unpaired) electrons. The molecule has 1 fully saturated rings. The van der Waals surface area contributed by atoms with Gasteiger partial charge in [-0.25, -0.2) is 0 Å². The molecule has 0 unspecified atom stereocenters. The van der Waals surface area contributed by atoms with Gasteiger partial charge in [-0.1, -0.05) is 54.6 Å². The number of amides is 1. The highest BCUT2D eigenvalue weighted by atomic mass is 16.1. The fourth-order valence-electron chi connectivity index (χ4n) is 4.34. The van der Waals surface area contributed by atoms with Crippen molar-refractivity contribution in [2.45, 2.75) is 19.9 Å². The van der Waals surface area contributed by atoms with Crippen molar-refractivity contribution in [3.63, 3.8) is 0 Å². The molecule has 29 heavy (non-hydrogen) atoms. The van der Waals surface area contributed by atoms with Crippen molar-refractivity contribution in [1.82, 2.24) is 0 Å². The molecule has 0 aliphatic carbocycles. The van der Waals surface area contributed by atoms with Crippen LogP contribution in [0.4, 0.5) is 5.69 Å². The SMILES string of the molecule is Cc1cccc(NC(=O)CC[NH+]2CC[NH+](Cc3cccc4ccccc34)CC2)c1. The van der Waals surface area contributed by atoms with Gasteiger partial charge in [0.15, 0.2) is 0 Å². The first-order valence-electron chi connectivity index (χ1n) is 10.7. The summed E-state index contributed by atoms with van der Waals surface area (Å²) >= 11 is 0. The number of aryl methyl sites for hydroxylation is 1. The van der Waals surface area contributed by atoms with Crippen molar-refractivity contribution in [2.24, 2.45) is 0 Å². The van der Waals surface area contributed by atoms with E-state index in [1.807, 2.05) is 31.2 Å². The third-order valence-electron chi connectivity index (χ3n) is 5.99. The second-order valence-electron chi connectivity index (χ2n) is 8.23. The molecular formula is C25H31N3O+2. The molecule has 1 heterocycles. The molecule has 3 aromatic carbocycles. The van der Waals surface area contributed by atoms with Crippen molar-refractivity contribution < 1.29 is 14.6 Å². The molecule has 1 aliphatic heterocycles. The van der Waals surface area contributed by atoms with Crippen LogP contribution in [0.1, 0.15) is 17.5 Å². The van der Waals surface area contributed by atoms with Crippen LogP contribution in [0.5, 0.6) is 0 Å². The van der Waals surface area contributed by atoms with Gasteiger partial charge in [0.05, 0.1) is 13.0 Å². The Kier molecular flexibility index (Phi) is 6.23. The predicted molar refractivity (Wildman–Crippen MR) is 118 cm³/mol. The largest absolute Gasteiger partial charge is 0.326 e. The van der Waals surface area contributed by atoms with Crippen molar-refractivity contribution in [3.8, 4) is 0 Å². The van der Waals surface area contributed by atoms with Gasteiger partial charge < -0.3 is 15.1 Å². The lowest BCUT2D eigenvalue weighted by molar-refractivity contribution is -1.02. The Morgan fingerprint density at radius 1 is 0.897 bits per heavy atom. The first-order valence-corrected chi connectivity index (χ1v) is 10.7. The van der Waals surface area contributed by atoms with Crippen molar-refractivity contribution in [3.05, 3.63) is 77.9 Å². The van der Waals surface area contributed by atoms with Crippen molar-refractivity contribution in [2.75, 3.05) is 38.0 Å². The summed E-state index contributed by atoms with van der Waals surface area (Å²) < 4.78 is 0. The third kappa shape index (κ3) is 5.22. The summed E-state index contributed by atoms with van der Waals surface area (Å²) in [5.74, 6) is 0.119. The van der Waals surface area contributed by atoms with E-state index in [0.717, 1.165) is 45.0 Å². The van der Waals surface area contributed by atoms with Crippen LogP contribution in [0.25, 0.3) is 10.8 Å². The maximum absolute atomic E-state index is 12.3. The minimum atomic E-state index is 0.119. The van der Waals surface area contributed by atoms with Gasteiger partial charge in [-0.3, -0.25) is 4.79 Å². The quantitative estimate of drug-likeness (QED) is 0.587. The van der Waals surface area contributed by atoms with Gasteiger partial charge in [-0.2, -0.15) is 0 Å². The Balaban J connectivity index is 1.24. The molecule has 0 saturated carbocycles. The van der Waals surface area contributed by atoms with Gasteiger partial charge in [0, 0.05) is 11.3 Å². The lowest BCUT2D eigenvalue weighted by atomic mass is 10.0. The Hall–Kier alpha value is -2.69. The monoisotopic (exact) mass is 389 g/mol. The number of benzene rings is 3. The first-order chi connectivity index (χ1) is 14.2. The zero-order valence-electron chi connectivity index (χ0n) is 17.2. The Labute approximate surface area is 173 Å². The Morgan fingerprint density at radius 3 is 2.45 bits per heavy atom. The predicted octanol–water partition coefficient (Wildman–Crippen LogP) is 1.46. The lowest BCUT2D eigenvalue weighted by Crippen LogP contribution is -3.27. The van der Waals surface area contributed by atoms with E-state index in [-0.39, 0.29) is 5.91 Å². The second-order valence-corrected chi connectivity index (χ2v) is 8.23. The van der Waals surface area contributed by atoms with E-state index >= 15 is 0 Å². The molecule has 0 spiro atoms. The minimum absolute atomic E-state index is 0.119. The lowest BCUT2D eigenvalue weighted by Gasteiger charge is -2.30. The van der Waals surface area contributed by atoms with Crippen LogP contribution < -0.4 is 15.1 Å². The number of piperazine rings is 1. The van der Waals surface area contributed by atoms with E-state index < -0.39 is 0 Å². The summed E-state index contributed by atoms with van der Waals surface area (Å²) in [6, 6.07) is 23.3. The van der Waals surface area contributed by atoms with Gasteiger partial charge in [0.25, 0.3) is 0 Å². The molecule has 1 aliphatic rings. The summed E-state index contributed by atoms with van der Waals surface area (Å²) in [5.41, 5.74) is 3.51. The summed E-state index contributed by atoms with van der Waals surface area (Å²) in [4.78, 5) is 15.5. The van der Waals surface area contributed by atoms with Crippen LogP contribution in [-0.2, 0) is 11.3 Å². The zero-order chi connectivity index (χ0) is 20.1. The standard InChI is InChI=1S/C25H29N3O/c1-20-6-4-10-23(18-20)26-25(29)12-13-27-14-16-28(17-15-27)19-22-9-5-8-21-7-2-3-11-24(21)22/h2-11,18H,12-17,19H2,1H3,(H,26,29)/p+2. The topological polar surface area (TPSA) is 38.0 Å². The Morgan fingerprint density at radius 2 is 1.62 bits per heavy atom. The highest BCUT2D eigenvalue weighted by Gasteiger charge is 2.23. The first kappa shape index (κ1) is 19.6. The average Bonchev–Trinajstić information content (AvgIpc) is 2.74. The molecule has 4 rings (SSSR count). The number of fused-ring (bicyclic) bond motifs is 1. The van der Waals surface area contributed by atoms with E-state index in [9.17, 15) is 4.79 Å². The molecular weight excluding hydrogens is 358 g/mol. The van der Waals surface area contributed by atoms with Crippen molar-refractivity contribution >= 4 is 22.4 Å². The third-order valence-corrected chi connectivity index (χ3v) is 5.99. The molecule has 0 aromatic heterocycles. The van der Waals surface area contributed by atoms with Crippen LogP contribution in [0.15, 0.2) is 66.7 Å². The minimum Gasteiger partial charge on any atom is -0.326 e. The Bertz CT molecular complexity index is 971. The van der Waals surface area contributed by atoms with E-state index in [1.54, 1.807) is 9.80 Å². The number of nitrogens with one attached hydrogen (secondary N) is 3. The average molecular weight is 390 g/mol. The number of hydrogen-bond donors (Lipinski definition) is 3. The van der Waals surface area contributed by atoms with Crippen LogP contribution in [0.2, 0.25) is 0 Å². The van der Waals surface area contributed by atoms with Gasteiger partial charge in [0.1, 0.15) is 32.7 Å². The highest BCUT2D eigenvalue weighted by molar-refractivity contribution is 5.90. The van der Waals surface area contributed by atoms with Crippen LogP contribution in [-0.4, -0.2) is 38.6 Å². The van der Waals surface area contributed by atoms with Crippen LogP contribution >= 0.6 is 0 Å². The molecule has 0 bridgehead atoms. The smallest absolute Gasteiger partial charge is 0.230 e. The number of rotatable bonds is 6. The fraction of sp³-hybridized carbons (Fsp3) is 0.320.